The molecule has 2 nitrogen and oxygen atoms in total. The summed E-state index contributed by atoms with van der Waals surface area (Å²) in [5.41, 5.74) is 9.36. The van der Waals surface area contributed by atoms with Crippen LogP contribution in [0.15, 0.2) is 66.9 Å². The molecule has 2 fully saturated rings. The Kier molecular flexibility index (Phi) is 9.68. The smallest absolute Gasteiger partial charge is 0.141 e. The molecule has 0 bridgehead atoms. The fourth-order valence-electron chi connectivity index (χ4n) is 7.55. The molecule has 2 saturated carbocycles. The number of pyridine rings is 1. The molecule has 2 aromatic carbocycles. The molecule has 216 valence electrons. The second-order valence-electron chi connectivity index (χ2n) is 12.1. The lowest BCUT2D eigenvalue weighted by Gasteiger charge is -2.30. The lowest BCUT2D eigenvalue weighted by Crippen LogP contribution is -2.16. The number of fused-ring (bicyclic) bond motifs is 1. The molecule has 6 rings (SSSR count). The summed E-state index contributed by atoms with van der Waals surface area (Å²) in [7, 11) is 0. The molecule has 1 aromatic heterocycles. The van der Waals surface area contributed by atoms with Gasteiger partial charge in [0.05, 0.1) is 5.69 Å². The molecule has 2 heteroatoms. The molecule has 40 heavy (non-hydrogen) atoms. The maximum absolute atomic E-state index is 13.3. The Bertz CT molecular complexity index is 1340. The van der Waals surface area contributed by atoms with Crippen LogP contribution in [0.5, 0.6) is 0 Å². The number of hydrogen-bond acceptors (Lipinski definition) is 2. The van der Waals surface area contributed by atoms with Gasteiger partial charge in [-0.05, 0) is 102 Å². The summed E-state index contributed by atoms with van der Waals surface area (Å²) >= 11 is 0. The Morgan fingerprint density at radius 2 is 1.75 bits per heavy atom. The van der Waals surface area contributed by atoms with E-state index < -0.39 is 0 Å². The third kappa shape index (κ3) is 6.48. The Balaban J connectivity index is 0.00000126. The Hall–Kier alpha value is -3.00. The monoisotopic (exact) mass is 539 g/mol. The van der Waals surface area contributed by atoms with Crippen molar-refractivity contribution >= 4 is 11.9 Å². The molecule has 3 aliphatic carbocycles. The van der Waals surface area contributed by atoms with Crippen LogP contribution in [0.25, 0.3) is 6.08 Å². The highest BCUT2D eigenvalue weighted by Gasteiger charge is 2.29. The van der Waals surface area contributed by atoms with Crippen molar-refractivity contribution < 1.29 is 9.07 Å². The summed E-state index contributed by atoms with van der Waals surface area (Å²) in [4.78, 5) is 18.1. The molecule has 0 saturated heterocycles. The lowest BCUT2D eigenvalue weighted by atomic mass is 9.75. The fraction of sp³-hybridized carbons (Fsp3) is 0.474. The van der Waals surface area contributed by atoms with Crippen LogP contribution >= 0.6 is 0 Å². The maximum Gasteiger partial charge on any atom is 0.141 e. The summed E-state index contributed by atoms with van der Waals surface area (Å²) in [6.45, 7) is 6.31. The van der Waals surface area contributed by atoms with E-state index >= 15 is 0 Å². The van der Waals surface area contributed by atoms with Crippen molar-refractivity contribution in [3.05, 3.63) is 106 Å². The van der Waals surface area contributed by atoms with E-state index in [1.165, 1.54) is 84.0 Å². The minimum Gasteiger partial charge on any atom is -0.299 e. The standard InChI is InChI=1S/C36H41NO.C2H6.3H2/c1-2-25-16-17-31(20-25)34-14-4-3-9-30(34)24-33(38)22-26-8-5-11-28(21-26)29-12-6-13-32(23-29)36-35-15-7-10-27(35)18-19-37-36;1-2;;;/h3-5,7-9,11,14-15,18-19,21,25,29,31-32H,2,6,10,12-13,16-17,20,22-24H2,1H3;1-2H3;3*1H/t25-,29?,31?,32?;;;;/m0..../s1. The number of benzene rings is 2. The van der Waals surface area contributed by atoms with Gasteiger partial charge in [0.15, 0.2) is 0 Å². The number of hydrogen-bond donors (Lipinski definition) is 0. The minimum absolute atomic E-state index is 0. The van der Waals surface area contributed by atoms with Gasteiger partial charge in [-0.25, -0.2) is 0 Å². The first-order valence-electron chi connectivity index (χ1n) is 16.0. The van der Waals surface area contributed by atoms with Gasteiger partial charge in [-0.1, -0.05) is 94.3 Å². The molecule has 4 atom stereocenters. The van der Waals surface area contributed by atoms with Gasteiger partial charge < -0.3 is 0 Å². The molecule has 0 radical (unpaired) electrons. The van der Waals surface area contributed by atoms with Crippen molar-refractivity contribution in [1.29, 1.82) is 0 Å². The van der Waals surface area contributed by atoms with E-state index in [9.17, 15) is 4.79 Å². The third-order valence-electron chi connectivity index (χ3n) is 9.62. The number of nitrogens with zero attached hydrogens (tertiary/aromatic N) is 1. The molecule has 0 spiro atoms. The molecule has 3 aromatic rings. The average molecular weight is 540 g/mol. The van der Waals surface area contributed by atoms with E-state index in [1.807, 2.05) is 20.0 Å². The Labute approximate surface area is 246 Å². The summed E-state index contributed by atoms with van der Waals surface area (Å²) in [6.07, 6.45) is 18.7. The summed E-state index contributed by atoms with van der Waals surface area (Å²) in [6, 6.07) is 19.8. The molecule has 3 unspecified atom stereocenters. The predicted octanol–water partition coefficient (Wildman–Crippen LogP) is 10.5. The highest BCUT2D eigenvalue weighted by Crippen LogP contribution is 2.43. The normalized spacial score (nSPS) is 23.4. The summed E-state index contributed by atoms with van der Waals surface area (Å²) in [5.74, 6) is 2.87. The van der Waals surface area contributed by atoms with Crippen LogP contribution in [0.3, 0.4) is 0 Å². The molecule has 0 N–H and O–H groups in total. The van der Waals surface area contributed by atoms with Crippen LogP contribution < -0.4 is 0 Å². The second-order valence-corrected chi connectivity index (χ2v) is 12.1. The maximum atomic E-state index is 13.3. The fourth-order valence-corrected chi connectivity index (χ4v) is 7.55. The third-order valence-corrected chi connectivity index (χ3v) is 9.62. The van der Waals surface area contributed by atoms with E-state index in [-0.39, 0.29) is 4.28 Å². The second kappa shape index (κ2) is 13.6. The van der Waals surface area contributed by atoms with Gasteiger partial charge in [-0.3, -0.25) is 9.78 Å². The largest absolute Gasteiger partial charge is 0.299 e. The number of carbonyl (C=O) groups is 1. The number of aromatic nitrogens is 1. The first kappa shape index (κ1) is 28.5. The summed E-state index contributed by atoms with van der Waals surface area (Å²) in [5, 5.41) is 0. The molecule has 0 aliphatic heterocycles. The van der Waals surface area contributed by atoms with Crippen LogP contribution in [0.4, 0.5) is 0 Å². The van der Waals surface area contributed by atoms with Crippen LogP contribution in [-0.2, 0) is 24.1 Å². The van der Waals surface area contributed by atoms with Crippen LogP contribution in [0.1, 0.15) is 133 Å². The van der Waals surface area contributed by atoms with Crippen molar-refractivity contribution in [2.45, 2.75) is 109 Å². The molecule has 1 heterocycles. The molecular formula is C38H53NO. The van der Waals surface area contributed by atoms with Gasteiger partial charge in [0.1, 0.15) is 5.78 Å². The molecule has 3 aliphatic rings. The van der Waals surface area contributed by atoms with Gasteiger partial charge in [-0.2, -0.15) is 0 Å². The van der Waals surface area contributed by atoms with Crippen molar-refractivity contribution in [3.8, 4) is 0 Å². The molecule has 0 amide bonds. The topological polar surface area (TPSA) is 30.0 Å². The van der Waals surface area contributed by atoms with Gasteiger partial charge in [0, 0.05) is 29.2 Å². The van der Waals surface area contributed by atoms with Crippen LogP contribution in [0, 0.1) is 5.92 Å². The zero-order valence-corrected chi connectivity index (χ0v) is 24.9. The number of carbonyl (C=O) groups excluding carboxylic acids is 1. The first-order valence-corrected chi connectivity index (χ1v) is 16.0. The van der Waals surface area contributed by atoms with Crippen LogP contribution in [-0.4, -0.2) is 10.8 Å². The number of rotatable bonds is 8. The first-order chi connectivity index (χ1) is 19.7. The van der Waals surface area contributed by atoms with Gasteiger partial charge in [-0.15, -0.1) is 0 Å². The van der Waals surface area contributed by atoms with Gasteiger partial charge in [0.25, 0.3) is 0 Å². The zero-order valence-electron chi connectivity index (χ0n) is 24.9. The van der Waals surface area contributed by atoms with E-state index in [4.69, 9.17) is 4.98 Å². The van der Waals surface area contributed by atoms with E-state index in [0.717, 1.165) is 18.8 Å². The summed E-state index contributed by atoms with van der Waals surface area (Å²) < 4.78 is 0. The van der Waals surface area contributed by atoms with Gasteiger partial charge in [0.2, 0.25) is 0 Å². The number of Topliss-reactive ketones (excluding diaryl/α,β-unsaturated/α-hetero) is 1. The predicted molar refractivity (Wildman–Crippen MR) is 174 cm³/mol. The van der Waals surface area contributed by atoms with E-state index in [1.54, 1.807) is 0 Å². The lowest BCUT2D eigenvalue weighted by molar-refractivity contribution is -0.117. The SMILES string of the molecule is CC.CC[C@H]1CCC(c2ccccc2CC(=O)Cc2cccc(C3CCCC(c4nccc5c4C=CC5)C3)c2)C1.[HH].[HH].[HH]. The highest BCUT2D eigenvalue weighted by atomic mass is 16.1. The molecular weight excluding hydrogens is 486 g/mol. The minimum atomic E-state index is 0. The number of ketones is 1. The van der Waals surface area contributed by atoms with Crippen molar-refractivity contribution in [2.75, 3.05) is 0 Å². The van der Waals surface area contributed by atoms with Crippen molar-refractivity contribution in [1.82, 2.24) is 4.98 Å². The van der Waals surface area contributed by atoms with E-state index in [0.29, 0.717) is 36.4 Å². The average Bonchev–Trinajstić information content (AvgIpc) is 3.69. The zero-order chi connectivity index (χ0) is 27.9. The van der Waals surface area contributed by atoms with Crippen LogP contribution in [0.2, 0.25) is 0 Å². The quantitative estimate of drug-likeness (QED) is 0.285. The van der Waals surface area contributed by atoms with Gasteiger partial charge >= 0.3 is 0 Å². The van der Waals surface area contributed by atoms with Crippen molar-refractivity contribution in [3.63, 3.8) is 0 Å². The number of allylic oxidation sites excluding steroid dienone is 1. The Morgan fingerprint density at radius 1 is 0.900 bits per heavy atom. The Morgan fingerprint density at radius 3 is 2.60 bits per heavy atom. The van der Waals surface area contributed by atoms with Crippen molar-refractivity contribution in [2.24, 2.45) is 5.92 Å². The highest BCUT2D eigenvalue weighted by molar-refractivity contribution is 5.83. The van der Waals surface area contributed by atoms with E-state index in [2.05, 4.69) is 73.7 Å².